The van der Waals surface area contributed by atoms with E-state index in [1.807, 2.05) is 22.7 Å². The molecule has 11 aromatic rings. The number of benzene rings is 9. The summed E-state index contributed by atoms with van der Waals surface area (Å²) in [6.45, 7) is 0. The Bertz CT molecular complexity index is 3180. The van der Waals surface area contributed by atoms with E-state index in [1.165, 1.54) is 61.9 Å². The number of para-hydroxylation sites is 2. The first-order valence-corrected chi connectivity index (χ1v) is 19.9. The lowest BCUT2D eigenvalue weighted by Crippen LogP contribution is -2.14. The molecule has 254 valence electrons. The van der Waals surface area contributed by atoms with Crippen molar-refractivity contribution >= 4 is 119 Å². The summed E-state index contributed by atoms with van der Waals surface area (Å²) >= 11 is 3.71. The average molecular weight is 725 g/mol. The molecule has 2 heterocycles. The first-order valence-electron chi connectivity index (χ1n) is 18.3. The molecule has 0 saturated carbocycles. The maximum atomic E-state index is 2.45. The zero-order valence-corrected chi connectivity index (χ0v) is 30.8. The fourth-order valence-electron chi connectivity index (χ4n) is 8.13. The molecule has 0 bridgehead atoms. The van der Waals surface area contributed by atoms with Gasteiger partial charge < -0.3 is 9.80 Å². The summed E-state index contributed by atoms with van der Waals surface area (Å²) in [5, 5.41) is 10.0. The molecule has 0 aliphatic rings. The van der Waals surface area contributed by atoms with Gasteiger partial charge in [0.05, 0.1) is 5.69 Å². The van der Waals surface area contributed by atoms with Crippen LogP contribution in [0.3, 0.4) is 0 Å². The number of thiophene rings is 2. The zero-order valence-electron chi connectivity index (χ0n) is 29.2. The zero-order chi connectivity index (χ0) is 35.6. The molecule has 2 aromatic heterocycles. The third-order valence-corrected chi connectivity index (χ3v) is 12.9. The predicted octanol–water partition coefficient (Wildman–Crippen LogP) is 15.7. The minimum absolute atomic E-state index is 1.10. The lowest BCUT2D eigenvalue weighted by Gasteiger charge is -2.31. The van der Waals surface area contributed by atoms with Gasteiger partial charge in [0.2, 0.25) is 0 Å². The van der Waals surface area contributed by atoms with Crippen molar-refractivity contribution in [3.8, 4) is 0 Å². The second-order valence-electron chi connectivity index (χ2n) is 13.7. The Morgan fingerprint density at radius 1 is 0.259 bits per heavy atom. The minimum atomic E-state index is 1.10. The second-order valence-corrected chi connectivity index (χ2v) is 15.9. The number of rotatable bonds is 6. The average Bonchev–Trinajstić information content (AvgIpc) is 3.80. The van der Waals surface area contributed by atoms with Crippen LogP contribution in [0.25, 0.3) is 61.9 Å². The van der Waals surface area contributed by atoms with Crippen molar-refractivity contribution < 1.29 is 0 Å². The lowest BCUT2D eigenvalue weighted by atomic mass is 9.98. The maximum absolute atomic E-state index is 2.45. The van der Waals surface area contributed by atoms with E-state index in [0.29, 0.717) is 0 Å². The fourth-order valence-corrected chi connectivity index (χ4v) is 10.3. The van der Waals surface area contributed by atoms with Gasteiger partial charge in [-0.1, -0.05) is 109 Å². The summed E-state index contributed by atoms with van der Waals surface area (Å²) in [7, 11) is 0. The molecule has 2 nitrogen and oxygen atoms in total. The molecule has 0 unspecified atom stereocenters. The highest BCUT2D eigenvalue weighted by molar-refractivity contribution is 7.26. The maximum Gasteiger partial charge on any atom is 0.0561 e. The van der Waals surface area contributed by atoms with E-state index in [-0.39, 0.29) is 0 Å². The molecule has 0 amide bonds. The van der Waals surface area contributed by atoms with Crippen LogP contribution in [0.2, 0.25) is 0 Å². The largest absolute Gasteiger partial charge is 0.310 e. The summed E-state index contributed by atoms with van der Waals surface area (Å²) < 4.78 is 5.21. The van der Waals surface area contributed by atoms with Crippen molar-refractivity contribution in [1.82, 2.24) is 0 Å². The summed E-state index contributed by atoms with van der Waals surface area (Å²) in [6, 6.07) is 71.1. The molecular weight excluding hydrogens is 693 g/mol. The molecular formula is C50H32N2S2. The van der Waals surface area contributed by atoms with E-state index in [1.54, 1.807) is 0 Å². The van der Waals surface area contributed by atoms with Crippen molar-refractivity contribution in [2.24, 2.45) is 0 Å². The third kappa shape index (κ3) is 5.07. The molecule has 4 heteroatoms. The van der Waals surface area contributed by atoms with Gasteiger partial charge in [-0.15, -0.1) is 22.7 Å². The van der Waals surface area contributed by atoms with Crippen LogP contribution in [0.1, 0.15) is 0 Å². The molecule has 9 aromatic carbocycles. The van der Waals surface area contributed by atoms with Crippen LogP contribution >= 0.6 is 22.7 Å². The Labute approximate surface area is 321 Å². The van der Waals surface area contributed by atoms with Crippen LogP contribution in [0, 0.1) is 0 Å². The highest BCUT2D eigenvalue weighted by Crippen LogP contribution is 2.48. The number of hydrogen-bond donors (Lipinski definition) is 0. The molecule has 0 saturated heterocycles. The Balaban J connectivity index is 1.22. The van der Waals surface area contributed by atoms with E-state index in [9.17, 15) is 0 Å². The molecule has 0 radical (unpaired) electrons. The SMILES string of the molecule is c1ccc(N(c2ccc3sc4ccccc4c3c2)c2cc(N(c3ccccc3)c3ccc4sc5ccccc5c4c3)c3ccc4ccccc4c3c2)cc1. The Hall–Kier alpha value is -6.46. The van der Waals surface area contributed by atoms with Gasteiger partial charge in [-0.2, -0.15) is 0 Å². The number of fused-ring (bicyclic) bond motifs is 9. The molecule has 0 aliphatic heterocycles. The number of anilines is 6. The monoisotopic (exact) mass is 724 g/mol. The Kier molecular flexibility index (Phi) is 7.25. The van der Waals surface area contributed by atoms with Gasteiger partial charge >= 0.3 is 0 Å². The van der Waals surface area contributed by atoms with E-state index in [2.05, 4.69) is 204 Å². The fraction of sp³-hybridized carbons (Fsp3) is 0. The van der Waals surface area contributed by atoms with E-state index >= 15 is 0 Å². The topological polar surface area (TPSA) is 6.48 Å². The standard InChI is InChI=1S/C50H32N2S2/c1-3-14-34(15-4-1)51(36-24-27-49-44(29-36)41-19-9-11-21-47(41)53-49)38-31-43-39-18-8-7-13-33(39)23-26-40(43)46(32-38)52(35-16-5-2-6-17-35)37-25-28-50-45(30-37)42-20-10-12-22-48(42)54-50/h1-32H. The second kappa shape index (κ2) is 12.6. The highest BCUT2D eigenvalue weighted by atomic mass is 32.1. The smallest absolute Gasteiger partial charge is 0.0561 e. The van der Waals surface area contributed by atoms with Crippen molar-refractivity contribution in [3.63, 3.8) is 0 Å². The number of hydrogen-bond acceptors (Lipinski definition) is 4. The van der Waals surface area contributed by atoms with Gasteiger partial charge in [-0.25, -0.2) is 0 Å². The van der Waals surface area contributed by atoms with Crippen LogP contribution < -0.4 is 9.80 Å². The van der Waals surface area contributed by atoms with Crippen molar-refractivity contribution in [1.29, 1.82) is 0 Å². The van der Waals surface area contributed by atoms with Gasteiger partial charge in [0.15, 0.2) is 0 Å². The van der Waals surface area contributed by atoms with E-state index in [4.69, 9.17) is 0 Å². The number of nitrogens with zero attached hydrogens (tertiary/aromatic N) is 2. The van der Waals surface area contributed by atoms with Crippen LogP contribution in [0.4, 0.5) is 34.1 Å². The van der Waals surface area contributed by atoms with Gasteiger partial charge in [-0.3, -0.25) is 0 Å². The predicted molar refractivity (Wildman–Crippen MR) is 237 cm³/mol. The summed E-state index contributed by atoms with van der Waals surface area (Å²) in [4.78, 5) is 4.88. The van der Waals surface area contributed by atoms with Crippen LogP contribution in [-0.2, 0) is 0 Å². The Morgan fingerprint density at radius 3 is 1.37 bits per heavy atom. The van der Waals surface area contributed by atoms with Crippen molar-refractivity contribution in [3.05, 3.63) is 194 Å². The van der Waals surface area contributed by atoms with Crippen LogP contribution in [0.15, 0.2) is 194 Å². The van der Waals surface area contributed by atoms with Gasteiger partial charge in [0, 0.05) is 74.2 Å². The normalized spacial score (nSPS) is 11.7. The van der Waals surface area contributed by atoms with Gasteiger partial charge in [0.25, 0.3) is 0 Å². The first-order chi connectivity index (χ1) is 26.8. The molecule has 0 aliphatic carbocycles. The third-order valence-electron chi connectivity index (χ3n) is 10.6. The molecule has 54 heavy (non-hydrogen) atoms. The van der Waals surface area contributed by atoms with E-state index in [0.717, 1.165) is 34.1 Å². The molecule has 0 atom stereocenters. The van der Waals surface area contributed by atoms with Crippen LogP contribution in [-0.4, -0.2) is 0 Å². The molecule has 0 N–H and O–H groups in total. The minimum Gasteiger partial charge on any atom is -0.310 e. The summed E-state index contributed by atoms with van der Waals surface area (Å²) in [5.74, 6) is 0. The highest BCUT2D eigenvalue weighted by Gasteiger charge is 2.22. The first kappa shape index (κ1) is 31.1. The summed E-state index contributed by atoms with van der Waals surface area (Å²) in [6.07, 6.45) is 0. The summed E-state index contributed by atoms with van der Waals surface area (Å²) in [5.41, 5.74) is 6.70. The van der Waals surface area contributed by atoms with Gasteiger partial charge in [-0.05, 0) is 101 Å². The molecule has 0 fully saturated rings. The Morgan fingerprint density at radius 2 is 0.741 bits per heavy atom. The van der Waals surface area contributed by atoms with Crippen molar-refractivity contribution in [2.45, 2.75) is 0 Å². The van der Waals surface area contributed by atoms with Crippen molar-refractivity contribution in [2.75, 3.05) is 9.80 Å². The molecule has 0 spiro atoms. The van der Waals surface area contributed by atoms with Gasteiger partial charge in [0.1, 0.15) is 0 Å². The van der Waals surface area contributed by atoms with E-state index < -0.39 is 0 Å². The lowest BCUT2D eigenvalue weighted by molar-refractivity contribution is 1.27. The van der Waals surface area contributed by atoms with Crippen LogP contribution in [0.5, 0.6) is 0 Å². The quantitative estimate of drug-likeness (QED) is 0.158. The molecule has 11 rings (SSSR count).